The molecule has 0 N–H and O–H groups in total. The van der Waals surface area contributed by atoms with Gasteiger partial charge >= 0.3 is 0 Å². The Hall–Kier alpha value is -2.10. The summed E-state index contributed by atoms with van der Waals surface area (Å²) in [6.45, 7) is 15.5. The Morgan fingerprint density at radius 1 is 0.943 bits per heavy atom. The Morgan fingerprint density at radius 3 is 2.03 bits per heavy atom. The van der Waals surface area contributed by atoms with E-state index >= 15 is 0 Å². The average molecular weight is 487 g/mol. The molecule has 0 spiro atoms. The molecule has 35 heavy (non-hydrogen) atoms. The predicted octanol–water partition coefficient (Wildman–Crippen LogP) is 7.91. The number of rotatable bonds is 11. The van der Waals surface area contributed by atoms with Gasteiger partial charge in [-0.15, -0.1) is 0 Å². The van der Waals surface area contributed by atoms with Crippen molar-refractivity contribution in [1.29, 1.82) is 0 Å². The third-order valence-electron chi connectivity index (χ3n) is 6.36. The molecule has 1 aromatic carbocycles. The maximum absolute atomic E-state index is 12.7. The second-order valence-corrected chi connectivity index (χ2v) is 10.1. The molecule has 1 aliphatic rings. The number of benzene rings is 1. The Morgan fingerprint density at radius 2 is 1.57 bits per heavy atom. The molecule has 3 unspecified atom stereocenters. The third-order valence-corrected chi connectivity index (χ3v) is 6.36. The summed E-state index contributed by atoms with van der Waals surface area (Å²) in [7, 11) is 0. The van der Waals surface area contributed by atoms with E-state index in [0.29, 0.717) is 12.3 Å². The van der Waals surface area contributed by atoms with E-state index in [1.165, 1.54) is 13.3 Å². The third kappa shape index (κ3) is 12.4. The molecule has 198 valence electrons. The smallest absolute Gasteiger partial charge is 0.163 e. The van der Waals surface area contributed by atoms with E-state index in [2.05, 4.69) is 26.8 Å². The van der Waals surface area contributed by atoms with Gasteiger partial charge in [0.2, 0.25) is 0 Å². The molecule has 0 amide bonds. The minimum Gasteiger partial charge on any atom is -0.300 e. The number of ketones is 4. The summed E-state index contributed by atoms with van der Waals surface area (Å²) >= 11 is 0. The lowest BCUT2D eigenvalue weighted by atomic mass is 9.72. The minimum atomic E-state index is -0.0622. The molecule has 4 heteroatoms. The van der Waals surface area contributed by atoms with Crippen molar-refractivity contribution in [3.05, 3.63) is 34.9 Å². The van der Waals surface area contributed by atoms with Gasteiger partial charge in [-0.1, -0.05) is 72.1 Å². The van der Waals surface area contributed by atoms with Gasteiger partial charge in [-0.2, -0.15) is 0 Å². The van der Waals surface area contributed by atoms with Crippen LogP contribution in [0.2, 0.25) is 0 Å². The minimum absolute atomic E-state index is 0.0460. The summed E-state index contributed by atoms with van der Waals surface area (Å²) in [6.07, 6.45) is 8.18. The highest BCUT2D eigenvalue weighted by atomic mass is 16.1. The molecule has 0 saturated carbocycles. The van der Waals surface area contributed by atoms with E-state index in [4.69, 9.17) is 0 Å². The molecule has 3 atom stereocenters. The summed E-state index contributed by atoms with van der Waals surface area (Å²) in [5.74, 6) is 1.06. The van der Waals surface area contributed by atoms with Gasteiger partial charge in [0.25, 0.3) is 0 Å². The molecule has 1 aromatic rings. The van der Waals surface area contributed by atoms with Crippen LogP contribution >= 0.6 is 0 Å². The number of carbonyl (C=O) groups excluding carboxylic acids is 4. The van der Waals surface area contributed by atoms with E-state index < -0.39 is 0 Å². The summed E-state index contributed by atoms with van der Waals surface area (Å²) in [4.78, 5) is 46.7. The summed E-state index contributed by atoms with van der Waals surface area (Å²) < 4.78 is 0. The van der Waals surface area contributed by atoms with Crippen molar-refractivity contribution in [1.82, 2.24) is 0 Å². The zero-order valence-electron chi connectivity index (χ0n) is 23.7. The van der Waals surface area contributed by atoms with Crippen LogP contribution in [0.3, 0.4) is 0 Å². The fraction of sp³-hybridized carbons (Fsp3) is 0.677. The predicted molar refractivity (Wildman–Crippen MR) is 146 cm³/mol. The van der Waals surface area contributed by atoms with Gasteiger partial charge in [0.15, 0.2) is 5.78 Å². The van der Waals surface area contributed by atoms with Crippen molar-refractivity contribution in [2.45, 2.75) is 120 Å². The van der Waals surface area contributed by atoms with Gasteiger partial charge in [0.1, 0.15) is 17.3 Å². The van der Waals surface area contributed by atoms with Crippen LogP contribution in [0.5, 0.6) is 0 Å². The first-order valence-electron chi connectivity index (χ1n) is 13.7. The van der Waals surface area contributed by atoms with Crippen LogP contribution < -0.4 is 0 Å². The van der Waals surface area contributed by atoms with Crippen molar-refractivity contribution < 1.29 is 19.2 Å². The zero-order chi connectivity index (χ0) is 27.0. The second-order valence-electron chi connectivity index (χ2n) is 10.1. The van der Waals surface area contributed by atoms with Crippen molar-refractivity contribution in [2.24, 2.45) is 17.8 Å². The molecule has 0 radical (unpaired) electrons. The van der Waals surface area contributed by atoms with Crippen LogP contribution in [0.15, 0.2) is 18.2 Å². The van der Waals surface area contributed by atoms with Gasteiger partial charge < -0.3 is 4.79 Å². The van der Waals surface area contributed by atoms with Crippen LogP contribution in [0.4, 0.5) is 0 Å². The first kappa shape index (κ1) is 32.9. The Labute approximate surface area is 214 Å². The van der Waals surface area contributed by atoms with E-state index in [-0.39, 0.29) is 41.4 Å². The molecular weight excluding hydrogens is 436 g/mol. The molecule has 4 nitrogen and oxygen atoms in total. The Kier molecular flexibility index (Phi) is 17.1. The van der Waals surface area contributed by atoms with Crippen molar-refractivity contribution >= 4 is 23.1 Å². The summed E-state index contributed by atoms with van der Waals surface area (Å²) in [5, 5.41) is 0. The number of hydrogen-bond acceptors (Lipinski definition) is 4. The monoisotopic (exact) mass is 486 g/mol. The van der Waals surface area contributed by atoms with Gasteiger partial charge in [-0.3, -0.25) is 14.4 Å². The molecule has 0 aromatic heterocycles. The van der Waals surface area contributed by atoms with Gasteiger partial charge in [0, 0.05) is 24.3 Å². The average Bonchev–Trinajstić information content (AvgIpc) is 2.74. The Bertz CT molecular complexity index is 808. The highest BCUT2D eigenvalue weighted by Crippen LogP contribution is 2.36. The van der Waals surface area contributed by atoms with E-state index in [9.17, 15) is 19.2 Å². The number of Topliss-reactive ketones (excluding diaryl/α,β-unsaturated/α-hetero) is 4. The highest BCUT2D eigenvalue weighted by molar-refractivity contribution is 6.00. The molecule has 0 fully saturated rings. The van der Waals surface area contributed by atoms with Crippen molar-refractivity contribution in [3.63, 3.8) is 0 Å². The number of fused-ring (bicyclic) bond motifs is 1. The molecule has 0 bridgehead atoms. The summed E-state index contributed by atoms with van der Waals surface area (Å²) in [6, 6.07) is 6.10. The lowest BCUT2D eigenvalue weighted by Crippen LogP contribution is -2.29. The SMILES string of the molecule is CCC.CCCC(C)=O.CCCC(CC1CC(=O)c2c(C)cccc2C1)C(CC)C(=O)CC(C)=O. The second kappa shape index (κ2) is 18.2. The fourth-order valence-electron chi connectivity index (χ4n) is 5.05. The van der Waals surface area contributed by atoms with Crippen LogP contribution in [0, 0.1) is 24.7 Å². The standard InChI is InChI=1S/C23H32O3.C5H10O.C3H8/c1-5-8-18(20(6-2)21(25)11-16(4)24)12-17-13-19-10-7-9-15(3)23(19)22(26)14-17;1-3-4-5(2)6;1-3-2/h7,9-10,17-18,20H,5-6,8,11-14H2,1-4H3;3-4H2,1-2H3;3H2,1-2H3. The van der Waals surface area contributed by atoms with Crippen molar-refractivity contribution in [3.8, 4) is 0 Å². The quantitative estimate of drug-likeness (QED) is 0.298. The molecule has 2 rings (SSSR count). The van der Waals surface area contributed by atoms with Gasteiger partial charge in [0.05, 0.1) is 6.42 Å². The summed E-state index contributed by atoms with van der Waals surface area (Å²) in [5.41, 5.74) is 3.14. The normalized spacial score (nSPS) is 16.0. The first-order chi connectivity index (χ1) is 16.6. The van der Waals surface area contributed by atoms with Crippen LogP contribution in [0.1, 0.15) is 128 Å². The zero-order valence-corrected chi connectivity index (χ0v) is 23.7. The van der Waals surface area contributed by atoms with E-state index in [1.54, 1.807) is 6.92 Å². The topological polar surface area (TPSA) is 68.3 Å². The van der Waals surface area contributed by atoms with Gasteiger partial charge in [-0.25, -0.2) is 0 Å². The number of aryl methyl sites for hydroxylation is 1. The Balaban J connectivity index is 0.00000110. The van der Waals surface area contributed by atoms with Crippen LogP contribution in [0.25, 0.3) is 0 Å². The maximum atomic E-state index is 12.7. The first-order valence-corrected chi connectivity index (χ1v) is 13.7. The highest BCUT2D eigenvalue weighted by Gasteiger charge is 2.32. The lowest BCUT2D eigenvalue weighted by molar-refractivity contribution is -0.130. The van der Waals surface area contributed by atoms with E-state index in [1.807, 2.05) is 32.9 Å². The molecule has 1 aliphatic carbocycles. The maximum Gasteiger partial charge on any atom is 0.163 e. The molecule has 0 heterocycles. The molecule has 0 saturated heterocycles. The lowest BCUT2D eigenvalue weighted by Gasteiger charge is -2.31. The molecule has 0 aliphatic heterocycles. The number of carbonyl (C=O) groups is 4. The van der Waals surface area contributed by atoms with Crippen LogP contribution in [-0.4, -0.2) is 23.1 Å². The van der Waals surface area contributed by atoms with Gasteiger partial charge in [-0.05, 0) is 69.4 Å². The fourth-order valence-corrected chi connectivity index (χ4v) is 5.05. The van der Waals surface area contributed by atoms with Crippen molar-refractivity contribution in [2.75, 3.05) is 0 Å². The molecular formula is C31H50O4. The van der Waals surface area contributed by atoms with E-state index in [0.717, 1.165) is 61.6 Å². The van der Waals surface area contributed by atoms with Crippen LogP contribution in [-0.2, 0) is 20.8 Å². The number of hydrogen-bond donors (Lipinski definition) is 0. The largest absolute Gasteiger partial charge is 0.300 e.